The van der Waals surface area contributed by atoms with Gasteiger partial charge >= 0.3 is 6.18 Å². The van der Waals surface area contributed by atoms with E-state index in [-0.39, 0.29) is 36.9 Å². The van der Waals surface area contributed by atoms with Crippen LogP contribution in [0.25, 0.3) is 0 Å². The van der Waals surface area contributed by atoms with E-state index in [1.165, 1.54) is 6.08 Å². The Morgan fingerprint density at radius 2 is 1.96 bits per heavy atom. The van der Waals surface area contributed by atoms with Crippen LogP contribution < -0.4 is 10.6 Å². The Kier molecular flexibility index (Phi) is 7.43. The molecule has 0 atom stereocenters. The fourth-order valence-electron chi connectivity index (χ4n) is 3.52. The van der Waals surface area contributed by atoms with Crippen molar-refractivity contribution in [2.24, 2.45) is 5.92 Å². The molecule has 1 fully saturated rings. The van der Waals surface area contributed by atoms with Crippen molar-refractivity contribution in [2.75, 3.05) is 7.05 Å². The molecule has 0 aliphatic heterocycles. The molecule has 152 valence electrons. The minimum atomic E-state index is -4.12. The first-order chi connectivity index (χ1) is 13.3. The summed E-state index contributed by atoms with van der Waals surface area (Å²) in [4.78, 5) is 11.5. The number of halogens is 3. The van der Waals surface area contributed by atoms with E-state index in [2.05, 4.69) is 17.2 Å². The van der Waals surface area contributed by atoms with Crippen LogP contribution in [-0.4, -0.2) is 24.8 Å². The van der Waals surface area contributed by atoms with E-state index >= 15 is 0 Å². The molecule has 1 aromatic rings. The summed E-state index contributed by atoms with van der Waals surface area (Å²) in [5, 5.41) is 13.9. The maximum atomic E-state index is 12.9. The highest BCUT2D eigenvalue weighted by Gasteiger charge is 2.41. The highest BCUT2D eigenvalue weighted by molar-refractivity contribution is 6.07. The molecular weight excluding hydrogens is 367 g/mol. The molecule has 3 N–H and O–H groups in total. The maximum absolute atomic E-state index is 12.9. The van der Waals surface area contributed by atoms with Crippen molar-refractivity contribution in [2.45, 2.75) is 44.3 Å². The molecule has 1 aromatic carbocycles. The first-order valence-corrected chi connectivity index (χ1v) is 9.28. The third-order valence-corrected chi connectivity index (χ3v) is 5.14. The van der Waals surface area contributed by atoms with Crippen LogP contribution in [-0.2, 0) is 11.3 Å². The summed E-state index contributed by atoms with van der Waals surface area (Å²) in [6.07, 6.45) is 1.54. The lowest BCUT2D eigenvalue weighted by Gasteiger charge is -2.30. The monoisotopic (exact) mass is 393 g/mol. The first-order valence-electron chi connectivity index (χ1n) is 9.28. The summed E-state index contributed by atoms with van der Waals surface area (Å²) in [7, 11) is 1.73. The second kappa shape index (κ2) is 9.57. The molecule has 7 heteroatoms. The highest BCUT2D eigenvalue weighted by atomic mass is 19.4. The van der Waals surface area contributed by atoms with Crippen LogP contribution in [0.2, 0.25) is 0 Å². The molecule has 1 aliphatic rings. The summed E-state index contributed by atoms with van der Waals surface area (Å²) >= 11 is 0. The Morgan fingerprint density at radius 1 is 1.29 bits per heavy atom. The quantitative estimate of drug-likeness (QED) is 0.474. The van der Waals surface area contributed by atoms with Gasteiger partial charge in [-0.25, -0.2) is 0 Å². The number of amides is 1. The van der Waals surface area contributed by atoms with Gasteiger partial charge in [-0.2, -0.15) is 13.2 Å². The van der Waals surface area contributed by atoms with Crippen molar-refractivity contribution >= 4 is 11.6 Å². The average Bonchev–Trinajstić information content (AvgIpc) is 2.69. The zero-order chi connectivity index (χ0) is 20.7. The summed E-state index contributed by atoms with van der Waals surface area (Å²) in [6, 6.07) is 5.61. The molecule has 0 saturated heterocycles. The fourth-order valence-corrected chi connectivity index (χ4v) is 3.52. The highest BCUT2D eigenvalue weighted by Crippen LogP contribution is 2.43. The normalized spacial score (nSPS) is 20.0. The van der Waals surface area contributed by atoms with Crippen LogP contribution in [0.5, 0.6) is 0 Å². The van der Waals surface area contributed by atoms with Gasteiger partial charge in [0.2, 0.25) is 5.91 Å². The SMILES string of the molecule is C=CC(=O)NCc1ccc(C2CCC(C(F)(F)F)CC2)cc1C(=N)/C=C\NC. The Balaban J connectivity index is 2.22. The van der Waals surface area contributed by atoms with Gasteiger partial charge in [0.25, 0.3) is 0 Å². The molecule has 0 heterocycles. The molecule has 1 saturated carbocycles. The lowest BCUT2D eigenvalue weighted by molar-refractivity contribution is -0.182. The van der Waals surface area contributed by atoms with E-state index in [4.69, 9.17) is 5.41 Å². The van der Waals surface area contributed by atoms with Gasteiger partial charge < -0.3 is 16.0 Å². The number of benzene rings is 1. The Bertz CT molecular complexity index is 748. The molecule has 0 bridgehead atoms. The molecule has 4 nitrogen and oxygen atoms in total. The molecule has 2 rings (SSSR count). The fraction of sp³-hybridized carbons (Fsp3) is 0.429. The Hall–Kier alpha value is -2.57. The lowest BCUT2D eigenvalue weighted by atomic mass is 9.77. The van der Waals surface area contributed by atoms with Gasteiger partial charge in [-0.1, -0.05) is 18.7 Å². The van der Waals surface area contributed by atoms with Gasteiger partial charge in [0, 0.05) is 19.2 Å². The summed E-state index contributed by atoms with van der Waals surface area (Å²) in [5.41, 5.74) is 2.64. The van der Waals surface area contributed by atoms with Crippen molar-refractivity contribution in [3.63, 3.8) is 0 Å². The smallest absolute Gasteiger partial charge is 0.391 e. The number of nitrogens with one attached hydrogen (secondary N) is 3. The molecule has 1 amide bonds. The summed E-state index contributed by atoms with van der Waals surface area (Å²) < 4.78 is 38.7. The van der Waals surface area contributed by atoms with Crippen molar-refractivity contribution in [1.29, 1.82) is 5.41 Å². The van der Waals surface area contributed by atoms with Crippen molar-refractivity contribution in [1.82, 2.24) is 10.6 Å². The van der Waals surface area contributed by atoms with Crippen LogP contribution in [0, 0.1) is 11.3 Å². The summed E-state index contributed by atoms with van der Waals surface area (Å²) in [6.45, 7) is 3.66. The van der Waals surface area contributed by atoms with Crippen molar-refractivity contribution in [3.8, 4) is 0 Å². The van der Waals surface area contributed by atoms with Crippen LogP contribution in [0.15, 0.2) is 43.1 Å². The van der Waals surface area contributed by atoms with E-state index in [0.717, 1.165) is 11.1 Å². The molecule has 0 radical (unpaired) electrons. The van der Waals surface area contributed by atoms with Gasteiger partial charge in [0.15, 0.2) is 0 Å². The van der Waals surface area contributed by atoms with E-state index < -0.39 is 12.1 Å². The molecule has 0 spiro atoms. The third kappa shape index (κ3) is 5.71. The molecule has 0 unspecified atom stereocenters. The van der Waals surface area contributed by atoms with Crippen molar-refractivity contribution < 1.29 is 18.0 Å². The van der Waals surface area contributed by atoms with Gasteiger partial charge in [-0.3, -0.25) is 4.79 Å². The third-order valence-electron chi connectivity index (χ3n) is 5.14. The number of carbonyl (C=O) groups is 1. The molecule has 28 heavy (non-hydrogen) atoms. The van der Waals surface area contributed by atoms with Crippen LogP contribution >= 0.6 is 0 Å². The second-order valence-corrected chi connectivity index (χ2v) is 6.96. The standard InChI is InChI=1S/C21H26F3N3O/c1-3-20(28)27-13-16-5-4-15(12-18(16)19(25)10-11-26-2)14-6-8-17(9-7-14)21(22,23)24/h3-5,10-12,14,17,25-26H,1,6-9,13H2,2H3,(H,27,28)/b11-10-,25-19?. The average molecular weight is 393 g/mol. The van der Waals surface area contributed by atoms with Crippen LogP contribution in [0.4, 0.5) is 13.2 Å². The van der Waals surface area contributed by atoms with E-state index in [1.54, 1.807) is 19.3 Å². The lowest BCUT2D eigenvalue weighted by Crippen LogP contribution is -2.27. The van der Waals surface area contributed by atoms with Crippen LogP contribution in [0.1, 0.15) is 48.3 Å². The number of hydrogen-bond acceptors (Lipinski definition) is 3. The zero-order valence-corrected chi connectivity index (χ0v) is 15.9. The zero-order valence-electron chi connectivity index (χ0n) is 15.9. The molecule has 0 aromatic heterocycles. The first kappa shape index (κ1) is 21.7. The van der Waals surface area contributed by atoms with E-state index in [9.17, 15) is 18.0 Å². The number of carbonyl (C=O) groups excluding carboxylic acids is 1. The van der Waals surface area contributed by atoms with Gasteiger partial charge in [-0.05, 0) is 67.1 Å². The Morgan fingerprint density at radius 3 is 2.54 bits per heavy atom. The minimum absolute atomic E-state index is 0.0512. The number of allylic oxidation sites excluding steroid dienone is 1. The minimum Gasteiger partial charge on any atom is -0.394 e. The van der Waals surface area contributed by atoms with Crippen molar-refractivity contribution in [3.05, 3.63) is 59.8 Å². The van der Waals surface area contributed by atoms with E-state index in [0.29, 0.717) is 18.4 Å². The number of alkyl halides is 3. The van der Waals surface area contributed by atoms with Gasteiger partial charge in [-0.15, -0.1) is 0 Å². The van der Waals surface area contributed by atoms with Gasteiger partial charge in [0.05, 0.1) is 11.6 Å². The van der Waals surface area contributed by atoms with Gasteiger partial charge in [0.1, 0.15) is 0 Å². The van der Waals surface area contributed by atoms with Crippen LogP contribution in [0.3, 0.4) is 0 Å². The second-order valence-electron chi connectivity index (χ2n) is 6.96. The largest absolute Gasteiger partial charge is 0.394 e. The summed E-state index contributed by atoms with van der Waals surface area (Å²) in [5.74, 6) is -1.47. The predicted octanol–water partition coefficient (Wildman–Crippen LogP) is 4.43. The Labute approximate surface area is 163 Å². The molecule has 1 aliphatic carbocycles. The topological polar surface area (TPSA) is 65.0 Å². The number of hydrogen-bond donors (Lipinski definition) is 3. The maximum Gasteiger partial charge on any atom is 0.391 e. The number of rotatable bonds is 7. The predicted molar refractivity (Wildman–Crippen MR) is 104 cm³/mol. The molecular formula is C21H26F3N3O. The van der Waals surface area contributed by atoms with E-state index in [1.807, 2.05) is 18.2 Å².